The molecule has 7 heteroatoms. The maximum absolute atomic E-state index is 12.1. The quantitative estimate of drug-likeness (QED) is 0.388. The average Bonchev–Trinajstić information content (AvgIpc) is 2.94. The van der Waals surface area contributed by atoms with E-state index in [0.29, 0.717) is 22.8 Å². The summed E-state index contributed by atoms with van der Waals surface area (Å²) in [4.78, 5) is 20.8. The molecule has 0 fully saturated rings. The van der Waals surface area contributed by atoms with Gasteiger partial charge in [0.05, 0.1) is 24.4 Å². The van der Waals surface area contributed by atoms with E-state index in [1.54, 1.807) is 25.4 Å². The summed E-state index contributed by atoms with van der Waals surface area (Å²) in [5, 5.41) is 12.6. The Hall–Kier alpha value is -4.05. The molecule has 0 aliphatic carbocycles. The monoisotopic (exact) mass is 515 g/mol. The van der Waals surface area contributed by atoms with Crippen molar-refractivity contribution in [3.63, 3.8) is 0 Å². The molecule has 0 saturated carbocycles. The molecule has 1 aromatic carbocycles. The normalized spacial score (nSPS) is 14.9. The van der Waals surface area contributed by atoms with Gasteiger partial charge in [-0.1, -0.05) is 39.0 Å². The van der Waals surface area contributed by atoms with Crippen molar-refractivity contribution in [3.05, 3.63) is 83.0 Å². The van der Waals surface area contributed by atoms with Crippen LogP contribution in [0.15, 0.2) is 60.7 Å². The Bertz CT molecular complexity index is 1240. The number of rotatable bonds is 9. The predicted octanol–water partition coefficient (Wildman–Crippen LogP) is 6.38. The maximum atomic E-state index is 12.1. The van der Waals surface area contributed by atoms with Gasteiger partial charge in [-0.2, -0.15) is 5.26 Å². The summed E-state index contributed by atoms with van der Waals surface area (Å²) < 4.78 is 5.60. The van der Waals surface area contributed by atoms with Crippen molar-refractivity contribution < 1.29 is 9.53 Å². The lowest BCUT2D eigenvalue weighted by Gasteiger charge is -2.34. The summed E-state index contributed by atoms with van der Waals surface area (Å²) in [6.45, 7) is 14.8. The van der Waals surface area contributed by atoms with E-state index in [9.17, 15) is 10.1 Å². The molecule has 0 bridgehead atoms. The number of hydrogen-bond donors (Lipinski definition) is 1. The van der Waals surface area contributed by atoms with Crippen molar-refractivity contribution in [2.45, 2.75) is 47.0 Å². The van der Waals surface area contributed by atoms with E-state index in [1.165, 1.54) is 6.42 Å². The highest BCUT2D eigenvalue weighted by Gasteiger charge is 2.34. The zero-order valence-corrected chi connectivity index (χ0v) is 24.0. The van der Waals surface area contributed by atoms with Crippen LogP contribution in [0.4, 0.5) is 11.5 Å². The van der Waals surface area contributed by atoms with E-state index in [4.69, 9.17) is 4.74 Å². The van der Waals surface area contributed by atoms with Crippen LogP contribution in [0.25, 0.3) is 0 Å². The number of nitrogens with zero attached hydrogens (tertiary/aromatic N) is 4. The number of pyridine rings is 1. The minimum Gasteiger partial charge on any atom is -0.496 e. The third kappa shape index (κ3) is 6.83. The van der Waals surface area contributed by atoms with E-state index in [1.807, 2.05) is 51.3 Å². The molecule has 2 heterocycles. The van der Waals surface area contributed by atoms with Crippen molar-refractivity contribution in [1.82, 2.24) is 9.88 Å². The number of anilines is 2. The lowest BCUT2D eigenvalue weighted by molar-refractivity contribution is -0.105. The number of hydrogen-bond acceptors (Lipinski definition) is 7. The van der Waals surface area contributed by atoms with Gasteiger partial charge in [-0.05, 0) is 56.8 Å². The molecule has 7 nitrogen and oxygen atoms in total. The Morgan fingerprint density at radius 3 is 2.55 bits per heavy atom. The van der Waals surface area contributed by atoms with Crippen LogP contribution >= 0.6 is 0 Å². The number of aromatic nitrogens is 1. The summed E-state index contributed by atoms with van der Waals surface area (Å²) >= 11 is 0. The third-order valence-corrected chi connectivity index (χ3v) is 6.85. The maximum Gasteiger partial charge on any atom is 0.148 e. The standard InChI is InChI=1S/C22H24N4O2.C9H17N/c1-6-26(4)22-20-19(16-8-7-15(10-23)9-18(16)28-5)17(12-27)14(3)25-21(20)13(2)11-24-22;1-5-9(3)7-8-10(4)6-2/h7-9,11-12,19,25H,6H2,1-5H3;6-9H,2,5H2,1,3-4H3/b;8-7-. The molecule has 202 valence electrons. The van der Waals surface area contributed by atoms with Crippen molar-refractivity contribution in [2.75, 3.05) is 38.0 Å². The van der Waals surface area contributed by atoms with E-state index < -0.39 is 0 Å². The molecule has 1 aliphatic rings. The number of nitriles is 1. The van der Waals surface area contributed by atoms with Gasteiger partial charge in [-0.25, -0.2) is 4.98 Å². The zero-order valence-electron chi connectivity index (χ0n) is 24.0. The fourth-order valence-corrected chi connectivity index (χ4v) is 4.12. The Balaban J connectivity index is 0.000000432. The molecule has 1 N–H and O–H groups in total. The van der Waals surface area contributed by atoms with Crippen molar-refractivity contribution in [3.8, 4) is 11.8 Å². The summed E-state index contributed by atoms with van der Waals surface area (Å²) in [6.07, 6.45) is 9.95. The highest BCUT2D eigenvalue weighted by molar-refractivity contribution is 5.87. The smallest absolute Gasteiger partial charge is 0.148 e. The average molecular weight is 516 g/mol. The number of carbonyl (C=O) groups is 1. The van der Waals surface area contributed by atoms with E-state index in [0.717, 1.165) is 46.7 Å². The Morgan fingerprint density at radius 1 is 1.29 bits per heavy atom. The molecule has 2 atom stereocenters. The van der Waals surface area contributed by atoms with E-state index >= 15 is 0 Å². The largest absolute Gasteiger partial charge is 0.496 e. The van der Waals surface area contributed by atoms with Gasteiger partial charge in [0.25, 0.3) is 0 Å². The molecule has 0 amide bonds. The van der Waals surface area contributed by atoms with E-state index in [-0.39, 0.29) is 5.92 Å². The zero-order chi connectivity index (χ0) is 28.4. The first-order chi connectivity index (χ1) is 18.2. The summed E-state index contributed by atoms with van der Waals surface area (Å²) in [5.41, 5.74) is 5.70. The van der Waals surface area contributed by atoms with Crippen LogP contribution in [-0.4, -0.2) is 43.9 Å². The fraction of sp³-hybridized carbons (Fsp3) is 0.387. The third-order valence-electron chi connectivity index (χ3n) is 6.85. The number of benzene rings is 1. The molecule has 0 spiro atoms. The fourth-order valence-electron chi connectivity index (χ4n) is 4.12. The van der Waals surface area contributed by atoms with Crippen LogP contribution in [-0.2, 0) is 4.79 Å². The second-order valence-corrected chi connectivity index (χ2v) is 9.47. The Labute approximate surface area is 228 Å². The first kappa shape index (κ1) is 30.2. The van der Waals surface area contributed by atoms with Crippen LogP contribution in [0.1, 0.15) is 62.3 Å². The van der Waals surface area contributed by atoms with Gasteiger partial charge in [0.1, 0.15) is 17.9 Å². The molecule has 2 aromatic rings. The highest BCUT2D eigenvalue weighted by Crippen LogP contribution is 2.48. The number of methoxy groups -OCH3 is 1. The number of allylic oxidation sites excluding steroid dienone is 3. The lowest BCUT2D eigenvalue weighted by atomic mass is 9.80. The number of nitrogens with one attached hydrogen (secondary N) is 1. The van der Waals surface area contributed by atoms with Crippen molar-refractivity contribution in [1.29, 1.82) is 5.26 Å². The molecule has 1 aromatic heterocycles. The van der Waals surface area contributed by atoms with Gasteiger partial charge in [-0.3, -0.25) is 4.79 Å². The topological polar surface area (TPSA) is 81.5 Å². The summed E-state index contributed by atoms with van der Waals surface area (Å²) in [6, 6.07) is 7.47. The molecule has 1 aliphatic heterocycles. The summed E-state index contributed by atoms with van der Waals surface area (Å²) in [7, 11) is 5.54. The molecule has 0 saturated heterocycles. The van der Waals surface area contributed by atoms with Gasteiger partial charge < -0.3 is 19.9 Å². The minimum atomic E-state index is -0.340. The van der Waals surface area contributed by atoms with Gasteiger partial charge in [0.2, 0.25) is 0 Å². The van der Waals surface area contributed by atoms with Gasteiger partial charge in [0.15, 0.2) is 0 Å². The van der Waals surface area contributed by atoms with Crippen LogP contribution in [0.3, 0.4) is 0 Å². The van der Waals surface area contributed by atoms with Crippen LogP contribution in [0, 0.1) is 24.2 Å². The molecule has 2 unspecified atom stereocenters. The second-order valence-electron chi connectivity index (χ2n) is 9.47. The van der Waals surface area contributed by atoms with Gasteiger partial charge in [0, 0.05) is 55.2 Å². The first-order valence-corrected chi connectivity index (χ1v) is 12.9. The molecule has 38 heavy (non-hydrogen) atoms. The Kier molecular flexibility index (Phi) is 11.1. The first-order valence-electron chi connectivity index (χ1n) is 12.9. The number of aldehydes is 1. The number of fused-ring (bicyclic) bond motifs is 1. The molecular weight excluding hydrogens is 474 g/mol. The Morgan fingerprint density at radius 2 is 2.00 bits per heavy atom. The second kappa shape index (κ2) is 14.0. The molecule has 3 rings (SSSR count). The predicted molar refractivity (Wildman–Crippen MR) is 156 cm³/mol. The molecular formula is C31H41N5O2. The number of aryl methyl sites for hydroxylation is 1. The van der Waals surface area contributed by atoms with Crippen molar-refractivity contribution >= 4 is 17.8 Å². The number of ether oxygens (including phenoxy) is 1. The number of carbonyl (C=O) groups excluding carboxylic acids is 1. The van der Waals surface area contributed by atoms with Crippen molar-refractivity contribution in [2.24, 2.45) is 5.92 Å². The molecule has 0 radical (unpaired) electrons. The summed E-state index contributed by atoms with van der Waals surface area (Å²) in [5.74, 6) is 1.73. The SMILES string of the molecule is C=CN(C)/C=C\C(C)CC.CCN(C)c1ncc(C)c2c1C(c1ccc(C#N)cc1OC)C(C=O)=C(C)N2. The van der Waals surface area contributed by atoms with E-state index in [2.05, 4.69) is 54.7 Å². The minimum absolute atomic E-state index is 0.340. The highest BCUT2D eigenvalue weighted by atomic mass is 16.5. The van der Waals surface area contributed by atoms with Gasteiger partial charge >= 0.3 is 0 Å². The van der Waals surface area contributed by atoms with Crippen LogP contribution < -0.4 is 15.0 Å². The van der Waals surface area contributed by atoms with Gasteiger partial charge in [-0.15, -0.1) is 0 Å². The van der Waals surface area contributed by atoms with Crippen LogP contribution in [0.2, 0.25) is 0 Å². The van der Waals surface area contributed by atoms with Crippen LogP contribution in [0.5, 0.6) is 5.75 Å². The lowest BCUT2D eigenvalue weighted by Crippen LogP contribution is -2.26.